The Kier molecular flexibility index (Phi) is 9.17. The highest BCUT2D eigenvalue weighted by molar-refractivity contribution is 14.0. The molecule has 1 saturated heterocycles. The summed E-state index contributed by atoms with van der Waals surface area (Å²) in [5.74, 6) is 0.878. The number of amides is 1. The largest absolute Gasteiger partial charge is 0.444 e. The monoisotopic (exact) mass is 478 g/mol. The van der Waals surface area contributed by atoms with Crippen molar-refractivity contribution in [2.75, 3.05) is 26.2 Å². The molecular weight excluding hydrogens is 447 g/mol. The lowest BCUT2D eigenvalue weighted by Crippen LogP contribution is -2.44. The van der Waals surface area contributed by atoms with E-state index in [9.17, 15) is 4.79 Å². The number of ether oxygens (including phenoxy) is 1. The van der Waals surface area contributed by atoms with Crippen LogP contribution in [0.2, 0.25) is 0 Å². The summed E-state index contributed by atoms with van der Waals surface area (Å²) in [4.78, 5) is 18.8. The SMILES string of the molecule is CCNC(=NCCn1cccn1)N1CCC(NC(=O)OC(C)(C)C)C1.I. The number of carbonyl (C=O) groups excluding carboxylic acids is 1. The molecular formula is C17H31IN6O2. The summed E-state index contributed by atoms with van der Waals surface area (Å²) in [7, 11) is 0. The molecule has 2 N–H and O–H groups in total. The normalized spacial score (nSPS) is 17.6. The number of alkyl carbamates (subject to hydrolysis) is 1. The summed E-state index contributed by atoms with van der Waals surface area (Å²) in [6.45, 7) is 11.4. The average Bonchev–Trinajstić information content (AvgIpc) is 3.16. The fraction of sp³-hybridized carbons (Fsp3) is 0.706. The van der Waals surface area contributed by atoms with Crippen LogP contribution in [0.15, 0.2) is 23.5 Å². The van der Waals surface area contributed by atoms with Crippen molar-refractivity contribution in [2.24, 2.45) is 4.99 Å². The molecule has 2 heterocycles. The molecule has 0 radical (unpaired) electrons. The summed E-state index contributed by atoms with van der Waals surface area (Å²) >= 11 is 0. The molecule has 8 nitrogen and oxygen atoms in total. The number of aliphatic imine (C=N–C) groups is 1. The number of rotatable bonds is 5. The van der Waals surface area contributed by atoms with Crippen LogP contribution < -0.4 is 10.6 Å². The van der Waals surface area contributed by atoms with Gasteiger partial charge in [0.15, 0.2) is 5.96 Å². The number of guanidine groups is 1. The van der Waals surface area contributed by atoms with Crippen LogP contribution in [-0.2, 0) is 11.3 Å². The molecule has 0 spiro atoms. The van der Waals surface area contributed by atoms with E-state index < -0.39 is 5.60 Å². The maximum absolute atomic E-state index is 11.9. The summed E-state index contributed by atoms with van der Waals surface area (Å²) in [6, 6.07) is 1.98. The Labute approximate surface area is 172 Å². The van der Waals surface area contributed by atoms with Gasteiger partial charge in [-0.05, 0) is 40.2 Å². The number of hydrogen-bond acceptors (Lipinski definition) is 4. The lowest BCUT2D eigenvalue weighted by Gasteiger charge is -2.23. The molecule has 1 amide bonds. The van der Waals surface area contributed by atoms with E-state index in [2.05, 4.69) is 32.5 Å². The van der Waals surface area contributed by atoms with Crippen molar-refractivity contribution in [3.05, 3.63) is 18.5 Å². The van der Waals surface area contributed by atoms with Crippen molar-refractivity contribution in [3.8, 4) is 0 Å². The van der Waals surface area contributed by atoms with Gasteiger partial charge in [0, 0.05) is 32.0 Å². The van der Waals surface area contributed by atoms with Crippen LogP contribution >= 0.6 is 24.0 Å². The Hall–Kier alpha value is -1.52. The number of halogens is 1. The van der Waals surface area contributed by atoms with Crippen molar-refractivity contribution in [3.63, 3.8) is 0 Å². The van der Waals surface area contributed by atoms with Crippen LogP contribution in [-0.4, -0.2) is 64.6 Å². The minimum atomic E-state index is -0.481. The minimum Gasteiger partial charge on any atom is -0.444 e. The predicted octanol–water partition coefficient (Wildman–Crippen LogP) is 2.07. The fourth-order valence-corrected chi connectivity index (χ4v) is 2.66. The Bertz CT molecular complexity index is 570. The molecule has 9 heteroatoms. The van der Waals surface area contributed by atoms with Gasteiger partial charge in [-0.3, -0.25) is 9.67 Å². The topological polar surface area (TPSA) is 83.8 Å². The maximum Gasteiger partial charge on any atom is 0.407 e. The van der Waals surface area contributed by atoms with Gasteiger partial charge in [0.2, 0.25) is 0 Å². The molecule has 1 aromatic rings. The second-order valence-corrected chi connectivity index (χ2v) is 7.08. The van der Waals surface area contributed by atoms with Gasteiger partial charge in [-0.2, -0.15) is 5.10 Å². The van der Waals surface area contributed by atoms with Crippen molar-refractivity contribution < 1.29 is 9.53 Å². The summed E-state index contributed by atoms with van der Waals surface area (Å²) in [5.41, 5.74) is -0.481. The highest BCUT2D eigenvalue weighted by atomic mass is 127. The van der Waals surface area contributed by atoms with E-state index in [-0.39, 0.29) is 36.1 Å². The first kappa shape index (κ1) is 22.5. The minimum absolute atomic E-state index is 0. The second kappa shape index (κ2) is 10.6. The van der Waals surface area contributed by atoms with Crippen molar-refractivity contribution in [2.45, 2.75) is 52.3 Å². The standard InChI is InChI=1S/C17H30N6O2.HI/c1-5-18-15(19-9-12-23-10-6-8-20-23)22-11-7-14(13-22)21-16(24)25-17(2,3)4;/h6,8,10,14H,5,7,9,11-13H2,1-4H3,(H,18,19)(H,21,24);1H. The van der Waals surface area contributed by atoms with Gasteiger partial charge in [-0.25, -0.2) is 4.79 Å². The molecule has 0 aliphatic carbocycles. The van der Waals surface area contributed by atoms with E-state index in [1.165, 1.54) is 0 Å². The molecule has 0 bridgehead atoms. The van der Waals surface area contributed by atoms with Gasteiger partial charge in [0.1, 0.15) is 5.60 Å². The first-order chi connectivity index (χ1) is 11.9. The van der Waals surface area contributed by atoms with E-state index >= 15 is 0 Å². The Morgan fingerprint density at radius 1 is 1.42 bits per heavy atom. The van der Waals surface area contributed by atoms with Gasteiger partial charge in [0.25, 0.3) is 0 Å². The molecule has 1 aliphatic rings. The Morgan fingerprint density at radius 2 is 2.19 bits per heavy atom. The quantitative estimate of drug-likeness (QED) is 0.385. The van der Waals surface area contributed by atoms with Crippen LogP contribution in [0.25, 0.3) is 0 Å². The molecule has 1 aromatic heterocycles. The van der Waals surface area contributed by atoms with Crippen LogP contribution in [0.3, 0.4) is 0 Å². The second-order valence-electron chi connectivity index (χ2n) is 7.08. The van der Waals surface area contributed by atoms with Gasteiger partial charge < -0.3 is 20.3 Å². The third-order valence-corrected chi connectivity index (χ3v) is 3.69. The average molecular weight is 478 g/mol. The van der Waals surface area contributed by atoms with Crippen LogP contribution in [0.4, 0.5) is 4.79 Å². The number of hydrogen-bond donors (Lipinski definition) is 2. The van der Waals surface area contributed by atoms with Crippen LogP contribution in [0.1, 0.15) is 34.1 Å². The van der Waals surface area contributed by atoms with E-state index in [1.807, 2.05) is 37.7 Å². The summed E-state index contributed by atoms with van der Waals surface area (Å²) < 4.78 is 7.19. The maximum atomic E-state index is 11.9. The summed E-state index contributed by atoms with van der Waals surface area (Å²) in [5, 5.41) is 10.4. The third-order valence-electron chi connectivity index (χ3n) is 3.69. The van der Waals surface area contributed by atoms with Crippen LogP contribution in [0, 0.1) is 0 Å². The zero-order valence-electron chi connectivity index (χ0n) is 16.1. The fourth-order valence-electron chi connectivity index (χ4n) is 2.66. The Balaban J connectivity index is 0.00000338. The molecule has 2 rings (SSSR count). The molecule has 0 saturated carbocycles. The number of nitrogens with zero attached hydrogens (tertiary/aromatic N) is 4. The van der Waals surface area contributed by atoms with E-state index in [4.69, 9.17) is 4.74 Å². The molecule has 26 heavy (non-hydrogen) atoms. The zero-order chi connectivity index (χ0) is 18.3. The van der Waals surface area contributed by atoms with E-state index in [0.717, 1.165) is 38.6 Å². The molecule has 1 unspecified atom stereocenters. The van der Waals surface area contributed by atoms with Crippen molar-refractivity contribution in [1.29, 1.82) is 0 Å². The lowest BCUT2D eigenvalue weighted by molar-refractivity contribution is 0.0507. The van der Waals surface area contributed by atoms with Crippen molar-refractivity contribution >= 4 is 36.0 Å². The number of carbonyl (C=O) groups is 1. The first-order valence-electron chi connectivity index (χ1n) is 8.87. The molecule has 1 fully saturated rings. The van der Waals surface area contributed by atoms with E-state index in [0.29, 0.717) is 6.54 Å². The van der Waals surface area contributed by atoms with Gasteiger partial charge in [0.05, 0.1) is 19.1 Å². The van der Waals surface area contributed by atoms with Gasteiger partial charge in [-0.1, -0.05) is 0 Å². The Morgan fingerprint density at radius 3 is 2.81 bits per heavy atom. The highest BCUT2D eigenvalue weighted by Crippen LogP contribution is 2.12. The van der Waals surface area contributed by atoms with Gasteiger partial charge in [-0.15, -0.1) is 24.0 Å². The third kappa shape index (κ3) is 7.79. The molecule has 1 atom stereocenters. The molecule has 148 valence electrons. The van der Waals surface area contributed by atoms with Crippen molar-refractivity contribution in [1.82, 2.24) is 25.3 Å². The predicted molar refractivity (Wildman–Crippen MR) is 113 cm³/mol. The van der Waals surface area contributed by atoms with Crippen LogP contribution in [0.5, 0.6) is 0 Å². The zero-order valence-corrected chi connectivity index (χ0v) is 18.4. The number of aromatic nitrogens is 2. The van der Waals surface area contributed by atoms with Gasteiger partial charge >= 0.3 is 6.09 Å². The number of likely N-dealkylation sites (tertiary alicyclic amines) is 1. The smallest absolute Gasteiger partial charge is 0.407 e. The van der Waals surface area contributed by atoms with E-state index in [1.54, 1.807) is 6.20 Å². The number of nitrogens with one attached hydrogen (secondary N) is 2. The molecule has 0 aromatic carbocycles. The first-order valence-corrected chi connectivity index (χ1v) is 8.87. The summed E-state index contributed by atoms with van der Waals surface area (Å²) in [6.07, 6.45) is 4.21. The highest BCUT2D eigenvalue weighted by Gasteiger charge is 2.27. The molecule has 1 aliphatic heterocycles. The lowest BCUT2D eigenvalue weighted by atomic mass is 10.2.